The summed E-state index contributed by atoms with van der Waals surface area (Å²) in [5.41, 5.74) is 3.64. The minimum Gasteiger partial charge on any atom is -0.459 e. The number of aliphatic hydroxyl groups excluding tert-OH is 2. The Morgan fingerprint density at radius 1 is 0.803 bits per heavy atom. The SMILES string of the molecule is C=CCO[C@@]12Oc3ccc(OC(=O)NCCCCCCCCCCCC)cc3[C@H]3[C@H](CCCCO)[C@@H](CCCCO)C=C(C(=NOCc4ccccc4)C[C@@H]1N(C)C(=O)CCCCCCCCCCC)[C@H]32. The van der Waals surface area contributed by atoms with Crippen LogP contribution in [0.15, 0.2) is 78.0 Å². The van der Waals surface area contributed by atoms with E-state index < -0.39 is 23.8 Å². The molecule has 0 aromatic heterocycles. The Hall–Kier alpha value is -4.19. The van der Waals surface area contributed by atoms with Crippen LogP contribution in [0.4, 0.5) is 4.79 Å². The fraction of sp³-hybridized carbons (Fsp3) is 0.683. The molecule has 3 N–H and O–H groups in total. The molecule has 3 aliphatic rings. The third-order valence-corrected chi connectivity index (χ3v) is 15.3. The summed E-state index contributed by atoms with van der Waals surface area (Å²) in [5, 5.41) is 27.9. The fourth-order valence-electron chi connectivity index (χ4n) is 11.4. The first-order valence-electron chi connectivity index (χ1n) is 28.3. The van der Waals surface area contributed by atoms with Gasteiger partial charge in [-0.1, -0.05) is 183 Å². The van der Waals surface area contributed by atoms with Gasteiger partial charge in [0, 0.05) is 51.1 Å². The molecule has 0 radical (unpaired) electrons. The van der Waals surface area contributed by atoms with E-state index in [9.17, 15) is 19.8 Å². The van der Waals surface area contributed by atoms with Crippen molar-refractivity contribution >= 4 is 17.7 Å². The number of amides is 2. The lowest BCUT2D eigenvalue weighted by atomic mass is 9.55. The standard InChI is InChI=1S/C60H93N3O8/c1-5-8-10-12-14-16-18-20-22-29-39-61-59(67)70-49-37-38-54-52(44-49)57-50(35-28-31-41-65)48(34-27-30-40-64)43-51-53(62-69-46-47-32-24-23-25-33-47)45-55(60(71-54,58(51)57)68-42-7-3)63(4)56(66)36-26-21-19-17-15-13-11-9-6-2/h7,23-25,32-33,37-38,43-44,48,50,55,57-58,64-65H,3,5-6,8-22,26-31,34-36,39-42,45-46H2,1-2,4H3,(H,61,67)/t48-,50+,55-,57+,58+,60+/m0/s1. The summed E-state index contributed by atoms with van der Waals surface area (Å²) in [6, 6.07) is 15.1. The predicted molar refractivity (Wildman–Crippen MR) is 287 cm³/mol. The number of ether oxygens (including phenoxy) is 3. The number of nitrogens with one attached hydrogen (secondary N) is 1. The Kier molecular flexibility index (Phi) is 26.7. The van der Waals surface area contributed by atoms with Crippen molar-refractivity contribution in [2.75, 3.05) is 33.4 Å². The molecule has 71 heavy (non-hydrogen) atoms. The van der Waals surface area contributed by atoms with Crippen LogP contribution in [-0.4, -0.2) is 78.1 Å². The number of hydrogen-bond donors (Lipinski definition) is 3. The number of fused-ring (bicyclic) bond motifs is 2. The highest BCUT2D eigenvalue weighted by molar-refractivity contribution is 6.03. The van der Waals surface area contributed by atoms with Crippen molar-refractivity contribution in [3.8, 4) is 11.5 Å². The summed E-state index contributed by atoms with van der Waals surface area (Å²) in [6.07, 6.45) is 31.7. The van der Waals surface area contributed by atoms with Gasteiger partial charge in [-0.15, -0.1) is 6.58 Å². The normalized spacial score (nSPS) is 21.7. The molecular formula is C60H93N3O8. The van der Waals surface area contributed by atoms with E-state index in [1.165, 1.54) is 89.9 Å². The number of aliphatic hydroxyl groups is 2. The number of unbranched alkanes of at least 4 members (excludes halogenated alkanes) is 19. The van der Waals surface area contributed by atoms with Crippen LogP contribution in [0.5, 0.6) is 11.5 Å². The highest BCUT2D eigenvalue weighted by Crippen LogP contribution is 2.62. The van der Waals surface area contributed by atoms with Crippen molar-refractivity contribution in [3.63, 3.8) is 0 Å². The molecule has 0 saturated heterocycles. The molecular weight excluding hydrogens is 891 g/mol. The van der Waals surface area contributed by atoms with Crippen molar-refractivity contribution in [3.05, 3.63) is 84.0 Å². The van der Waals surface area contributed by atoms with Gasteiger partial charge in [0.15, 0.2) is 0 Å². The second-order valence-electron chi connectivity index (χ2n) is 20.6. The topological polar surface area (TPSA) is 139 Å². The lowest BCUT2D eigenvalue weighted by molar-refractivity contribution is -0.255. The van der Waals surface area contributed by atoms with Crippen LogP contribution in [0.25, 0.3) is 0 Å². The van der Waals surface area contributed by atoms with Gasteiger partial charge in [0.25, 0.3) is 0 Å². The zero-order chi connectivity index (χ0) is 50.5. The second-order valence-corrected chi connectivity index (χ2v) is 20.6. The summed E-state index contributed by atoms with van der Waals surface area (Å²) in [4.78, 5) is 36.0. The Morgan fingerprint density at radius 3 is 2.06 bits per heavy atom. The number of likely N-dealkylation sites (N-methyl/N-ethyl adjacent to an activating group) is 1. The van der Waals surface area contributed by atoms with Crippen LogP contribution in [0.3, 0.4) is 0 Å². The number of hydrogen-bond acceptors (Lipinski definition) is 9. The van der Waals surface area contributed by atoms with Crippen molar-refractivity contribution in [1.29, 1.82) is 0 Å². The quantitative estimate of drug-likeness (QED) is 0.0346. The number of carbonyl (C=O) groups excluding carboxylic acids is 2. The van der Waals surface area contributed by atoms with E-state index in [1.807, 2.05) is 54.4 Å². The van der Waals surface area contributed by atoms with Gasteiger partial charge in [0.1, 0.15) is 24.1 Å². The Labute approximate surface area is 428 Å². The number of benzene rings is 2. The molecule has 2 amide bonds. The lowest BCUT2D eigenvalue weighted by Crippen LogP contribution is -2.69. The number of rotatable bonds is 37. The van der Waals surface area contributed by atoms with Gasteiger partial charge >= 0.3 is 6.09 Å². The molecule has 1 aliphatic heterocycles. The number of nitrogens with zero attached hydrogens (tertiary/aromatic N) is 2. The van der Waals surface area contributed by atoms with Gasteiger partial charge in [-0.25, -0.2) is 4.79 Å². The lowest BCUT2D eigenvalue weighted by Gasteiger charge is -2.59. The van der Waals surface area contributed by atoms with Gasteiger partial charge in [0.05, 0.1) is 18.2 Å². The van der Waals surface area contributed by atoms with Gasteiger partial charge in [0.2, 0.25) is 11.7 Å². The molecule has 1 saturated carbocycles. The van der Waals surface area contributed by atoms with E-state index >= 15 is 0 Å². The van der Waals surface area contributed by atoms with E-state index in [0.717, 1.165) is 80.2 Å². The van der Waals surface area contributed by atoms with Gasteiger partial charge < -0.3 is 39.5 Å². The van der Waals surface area contributed by atoms with Crippen LogP contribution in [0.2, 0.25) is 0 Å². The van der Waals surface area contributed by atoms with Crippen molar-refractivity contribution in [1.82, 2.24) is 10.2 Å². The smallest absolute Gasteiger partial charge is 0.412 e. The minimum atomic E-state index is -1.33. The van der Waals surface area contributed by atoms with Gasteiger partial charge in [-0.3, -0.25) is 4.79 Å². The van der Waals surface area contributed by atoms with Gasteiger partial charge in [-0.2, -0.15) is 0 Å². The molecule has 5 rings (SSSR count). The number of allylic oxidation sites excluding steroid dienone is 1. The van der Waals surface area contributed by atoms with E-state index in [0.29, 0.717) is 43.7 Å². The maximum Gasteiger partial charge on any atom is 0.412 e. The summed E-state index contributed by atoms with van der Waals surface area (Å²) < 4.78 is 20.5. The van der Waals surface area contributed by atoms with E-state index in [4.69, 9.17) is 24.2 Å². The molecule has 11 nitrogen and oxygen atoms in total. The summed E-state index contributed by atoms with van der Waals surface area (Å²) in [5.74, 6) is -0.776. The van der Waals surface area contributed by atoms with Crippen molar-refractivity contribution < 1.29 is 38.9 Å². The van der Waals surface area contributed by atoms with E-state index in [1.54, 1.807) is 12.1 Å². The molecule has 0 unspecified atom stereocenters. The maximum atomic E-state index is 14.5. The van der Waals surface area contributed by atoms with E-state index in [-0.39, 0.29) is 50.1 Å². The van der Waals surface area contributed by atoms with Crippen molar-refractivity contribution in [2.24, 2.45) is 22.9 Å². The molecule has 2 aliphatic carbocycles. The second kappa shape index (κ2) is 32.8. The minimum absolute atomic E-state index is 0.0344. The first-order chi connectivity index (χ1) is 34.8. The van der Waals surface area contributed by atoms with E-state index in [2.05, 4.69) is 31.8 Å². The largest absolute Gasteiger partial charge is 0.459 e. The maximum absolute atomic E-state index is 14.5. The summed E-state index contributed by atoms with van der Waals surface area (Å²) in [7, 11) is 1.88. The first-order valence-corrected chi connectivity index (χ1v) is 28.3. The molecule has 1 fully saturated rings. The third kappa shape index (κ3) is 17.8. The zero-order valence-corrected chi connectivity index (χ0v) is 44.2. The molecule has 0 spiro atoms. The molecule has 0 bridgehead atoms. The van der Waals surface area contributed by atoms with Gasteiger partial charge in [-0.05, 0) is 79.7 Å². The Balaban J connectivity index is 1.48. The highest BCUT2D eigenvalue weighted by Gasteiger charge is 2.65. The highest BCUT2D eigenvalue weighted by atomic mass is 16.7. The molecule has 6 atom stereocenters. The zero-order valence-electron chi connectivity index (χ0n) is 44.2. The van der Waals surface area contributed by atoms with Crippen LogP contribution in [-0.2, 0) is 21.0 Å². The molecule has 11 heteroatoms. The predicted octanol–water partition coefficient (Wildman–Crippen LogP) is 13.9. The molecule has 1 heterocycles. The fourth-order valence-corrected chi connectivity index (χ4v) is 11.4. The Morgan fingerprint density at radius 2 is 1.42 bits per heavy atom. The van der Waals surface area contributed by atoms with Crippen LogP contribution < -0.4 is 14.8 Å². The molecule has 396 valence electrons. The monoisotopic (exact) mass is 984 g/mol. The van der Waals surface area contributed by atoms with Crippen LogP contribution in [0.1, 0.15) is 204 Å². The average molecular weight is 984 g/mol. The van der Waals surface area contributed by atoms with Crippen LogP contribution in [0, 0.1) is 17.8 Å². The molecule has 2 aromatic rings. The third-order valence-electron chi connectivity index (χ3n) is 15.3. The first kappa shape index (κ1) is 57.7. The molecule has 2 aromatic carbocycles. The van der Waals surface area contributed by atoms with Crippen LogP contribution >= 0.6 is 0 Å². The number of carbonyl (C=O) groups is 2. The van der Waals surface area contributed by atoms with Crippen molar-refractivity contribution in [2.45, 2.75) is 212 Å². The Bertz CT molecular complexity index is 1900. The summed E-state index contributed by atoms with van der Waals surface area (Å²) >= 11 is 0. The average Bonchev–Trinajstić information content (AvgIpc) is 3.38. The summed E-state index contributed by atoms with van der Waals surface area (Å²) in [6.45, 7) is 9.80. The number of oxime groups is 1.